The van der Waals surface area contributed by atoms with Gasteiger partial charge in [-0.1, -0.05) is 0 Å². The lowest BCUT2D eigenvalue weighted by Crippen LogP contribution is -2.27. The third-order valence-electron chi connectivity index (χ3n) is 4.99. The first-order valence-electron chi connectivity index (χ1n) is 8.94. The summed E-state index contributed by atoms with van der Waals surface area (Å²) >= 11 is 0. The van der Waals surface area contributed by atoms with Crippen LogP contribution in [0.5, 0.6) is 11.5 Å². The van der Waals surface area contributed by atoms with Crippen LogP contribution in [0.25, 0.3) is 11.3 Å². The molecule has 3 rings (SSSR count). The fourth-order valence-electron chi connectivity index (χ4n) is 3.17. The van der Waals surface area contributed by atoms with E-state index in [1.54, 1.807) is 25.1 Å². The van der Waals surface area contributed by atoms with Crippen molar-refractivity contribution < 1.29 is 14.3 Å². The van der Waals surface area contributed by atoms with Crippen LogP contribution in [0.3, 0.4) is 0 Å². The Labute approximate surface area is 163 Å². The Morgan fingerprint density at radius 3 is 2.61 bits per heavy atom. The van der Waals surface area contributed by atoms with Gasteiger partial charge in [0.05, 0.1) is 32.2 Å². The van der Waals surface area contributed by atoms with E-state index < -0.39 is 0 Å². The van der Waals surface area contributed by atoms with Crippen molar-refractivity contribution in [1.29, 1.82) is 0 Å². The number of methoxy groups -OCH3 is 2. The molecular weight excluding hydrogens is 358 g/mol. The summed E-state index contributed by atoms with van der Waals surface area (Å²) in [7, 11) is 5.07. The average molecular weight is 383 g/mol. The fraction of sp³-hybridized carbons (Fsp3) is 0.350. The van der Waals surface area contributed by atoms with E-state index in [9.17, 15) is 4.79 Å². The Morgan fingerprint density at radius 2 is 2.00 bits per heavy atom. The quantitative estimate of drug-likeness (QED) is 0.683. The third kappa shape index (κ3) is 3.45. The molecule has 8 heteroatoms. The summed E-state index contributed by atoms with van der Waals surface area (Å²) in [5, 5.41) is 14.5. The summed E-state index contributed by atoms with van der Waals surface area (Å²) in [6.07, 6.45) is 1.77. The molecule has 0 saturated heterocycles. The van der Waals surface area contributed by atoms with Gasteiger partial charge in [-0.05, 0) is 39.0 Å². The van der Waals surface area contributed by atoms with Gasteiger partial charge in [-0.25, -0.2) is 0 Å². The molecule has 0 radical (unpaired) electrons. The maximum Gasteiger partial charge on any atom is 0.270 e. The zero-order valence-electron chi connectivity index (χ0n) is 17.0. The smallest absolute Gasteiger partial charge is 0.270 e. The number of nitrogens with zero attached hydrogens (tertiary/aromatic N) is 3. The van der Waals surface area contributed by atoms with Gasteiger partial charge in [0.25, 0.3) is 5.91 Å². The molecule has 2 aromatic heterocycles. The highest BCUT2D eigenvalue weighted by atomic mass is 16.5. The number of carbonyl (C=O) groups excluding carboxylic acids is 1. The summed E-state index contributed by atoms with van der Waals surface area (Å²) in [5.41, 5.74) is 4.53. The Morgan fingerprint density at radius 1 is 1.25 bits per heavy atom. The molecule has 0 aliphatic rings. The van der Waals surface area contributed by atoms with Crippen LogP contribution in [-0.4, -0.2) is 40.1 Å². The number of benzene rings is 1. The standard InChI is InChI=1S/C20H25N5O3/c1-11-18(15-9-14(27-5)7-8-17(15)28-6)23-24-19(11)20(26)22-12(2)16-10-21-25(4)13(16)3/h7-10,12H,1-6H3,(H,22,26)(H,23,24)/t12-/m0/s1. The molecule has 0 aliphatic heterocycles. The van der Waals surface area contributed by atoms with Crippen LogP contribution < -0.4 is 14.8 Å². The summed E-state index contributed by atoms with van der Waals surface area (Å²) in [4.78, 5) is 12.8. The number of nitrogens with one attached hydrogen (secondary N) is 2. The summed E-state index contributed by atoms with van der Waals surface area (Å²) in [6.45, 7) is 5.76. The van der Waals surface area contributed by atoms with Crippen molar-refractivity contribution in [3.8, 4) is 22.8 Å². The number of ether oxygens (including phenoxy) is 2. The molecule has 0 saturated carbocycles. The molecule has 0 spiro atoms. The molecule has 0 bridgehead atoms. The lowest BCUT2D eigenvalue weighted by atomic mass is 10.0. The number of aromatic nitrogens is 4. The van der Waals surface area contributed by atoms with Crippen molar-refractivity contribution >= 4 is 5.91 Å². The first kappa shape index (κ1) is 19.5. The van der Waals surface area contributed by atoms with Crippen LogP contribution in [0.1, 0.15) is 40.3 Å². The Balaban J connectivity index is 1.89. The average Bonchev–Trinajstić information content (AvgIpc) is 3.23. The van der Waals surface area contributed by atoms with Gasteiger partial charge in [-0.15, -0.1) is 0 Å². The predicted octanol–water partition coefficient (Wildman–Crippen LogP) is 2.94. The maximum atomic E-state index is 12.8. The van der Waals surface area contributed by atoms with E-state index in [0.717, 1.165) is 22.4 Å². The van der Waals surface area contributed by atoms with E-state index in [2.05, 4.69) is 20.6 Å². The Hall–Kier alpha value is -3.29. The number of hydrogen-bond acceptors (Lipinski definition) is 5. The number of H-pyrrole nitrogens is 1. The largest absolute Gasteiger partial charge is 0.497 e. The van der Waals surface area contributed by atoms with Crippen LogP contribution >= 0.6 is 0 Å². The summed E-state index contributed by atoms with van der Waals surface area (Å²) in [5.74, 6) is 1.11. The van der Waals surface area contributed by atoms with Crippen molar-refractivity contribution in [2.45, 2.75) is 26.8 Å². The van der Waals surface area contributed by atoms with E-state index in [1.807, 2.05) is 46.0 Å². The highest BCUT2D eigenvalue weighted by molar-refractivity contribution is 5.96. The van der Waals surface area contributed by atoms with Crippen molar-refractivity contribution in [3.63, 3.8) is 0 Å². The minimum absolute atomic E-state index is 0.182. The van der Waals surface area contributed by atoms with E-state index in [-0.39, 0.29) is 11.9 Å². The normalized spacial score (nSPS) is 11.9. The molecule has 1 atom stereocenters. The second-order valence-electron chi connectivity index (χ2n) is 6.64. The molecule has 2 heterocycles. The lowest BCUT2D eigenvalue weighted by molar-refractivity contribution is 0.0934. The van der Waals surface area contributed by atoms with Crippen LogP contribution in [0.15, 0.2) is 24.4 Å². The molecule has 0 unspecified atom stereocenters. The Bertz CT molecular complexity index is 1010. The summed E-state index contributed by atoms with van der Waals surface area (Å²) < 4.78 is 12.5. The number of rotatable bonds is 6. The first-order chi connectivity index (χ1) is 13.4. The fourth-order valence-corrected chi connectivity index (χ4v) is 3.17. The number of amides is 1. The van der Waals surface area contributed by atoms with Crippen molar-refractivity contribution in [1.82, 2.24) is 25.3 Å². The number of carbonyl (C=O) groups is 1. The molecule has 0 aliphatic carbocycles. The topological polar surface area (TPSA) is 94.1 Å². The first-order valence-corrected chi connectivity index (χ1v) is 8.94. The monoisotopic (exact) mass is 383 g/mol. The zero-order valence-corrected chi connectivity index (χ0v) is 17.0. The van der Waals surface area contributed by atoms with Crippen LogP contribution in [0.4, 0.5) is 0 Å². The van der Waals surface area contributed by atoms with E-state index in [1.165, 1.54) is 0 Å². The van der Waals surface area contributed by atoms with Crippen LogP contribution in [0, 0.1) is 13.8 Å². The van der Waals surface area contributed by atoms with E-state index in [0.29, 0.717) is 22.9 Å². The minimum atomic E-state index is -0.228. The highest BCUT2D eigenvalue weighted by Crippen LogP contribution is 2.34. The molecule has 0 fully saturated rings. The second-order valence-corrected chi connectivity index (χ2v) is 6.64. The van der Waals surface area contributed by atoms with Crippen molar-refractivity contribution in [2.24, 2.45) is 7.05 Å². The molecule has 8 nitrogen and oxygen atoms in total. The van der Waals surface area contributed by atoms with Crippen molar-refractivity contribution in [3.05, 3.63) is 46.9 Å². The van der Waals surface area contributed by atoms with E-state index >= 15 is 0 Å². The zero-order chi connectivity index (χ0) is 20.4. The molecule has 148 valence electrons. The highest BCUT2D eigenvalue weighted by Gasteiger charge is 2.22. The molecule has 3 aromatic rings. The van der Waals surface area contributed by atoms with Crippen molar-refractivity contribution in [2.75, 3.05) is 14.2 Å². The minimum Gasteiger partial charge on any atom is -0.497 e. The molecule has 1 amide bonds. The molecule has 28 heavy (non-hydrogen) atoms. The lowest BCUT2D eigenvalue weighted by Gasteiger charge is -2.13. The van der Waals surface area contributed by atoms with Gasteiger partial charge in [0, 0.05) is 29.4 Å². The SMILES string of the molecule is COc1ccc(OC)c(-c2n[nH]c(C(=O)N[C@@H](C)c3cnn(C)c3C)c2C)c1. The van der Waals surface area contributed by atoms with Crippen LogP contribution in [-0.2, 0) is 7.05 Å². The van der Waals surface area contributed by atoms with Gasteiger partial charge in [-0.2, -0.15) is 10.2 Å². The van der Waals surface area contributed by atoms with Gasteiger partial charge < -0.3 is 14.8 Å². The number of aryl methyl sites for hydroxylation is 1. The third-order valence-corrected chi connectivity index (χ3v) is 4.99. The molecular formula is C20H25N5O3. The molecule has 2 N–H and O–H groups in total. The van der Waals surface area contributed by atoms with Gasteiger partial charge in [-0.3, -0.25) is 14.6 Å². The molecule has 1 aromatic carbocycles. The summed E-state index contributed by atoms with van der Waals surface area (Å²) in [6, 6.07) is 5.29. The second kappa shape index (κ2) is 7.75. The van der Waals surface area contributed by atoms with Crippen LogP contribution in [0.2, 0.25) is 0 Å². The van der Waals surface area contributed by atoms with E-state index in [4.69, 9.17) is 9.47 Å². The number of hydrogen-bond donors (Lipinski definition) is 2. The van der Waals surface area contributed by atoms with Gasteiger partial charge in [0.1, 0.15) is 17.2 Å². The van der Waals surface area contributed by atoms with Gasteiger partial charge >= 0.3 is 0 Å². The maximum absolute atomic E-state index is 12.8. The van der Waals surface area contributed by atoms with Gasteiger partial charge in [0.15, 0.2) is 0 Å². The predicted molar refractivity (Wildman–Crippen MR) is 106 cm³/mol. The number of aromatic amines is 1. The van der Waals surface area contributed by atoms with Gasteiger partial charge in [0.2, 0.25) is 0 Å². The Kier molecular flexibility index (Phi) is 5.39.